The quantitative estimate of drug-likeness (QED) is 0.633. The van der Waals surface area contributed by atoms with Crippen LogP contribution in [0.4, 0.5) is 14.5 Å². The summed E-state index contributed by atoms with van der Waals surface area (Å²) in [4.78, 5) is 23.3. The Morgan fingerprint density at radius 2 is 2.19 bits per heavy atom. The molecule has 114 valence electrons. The molecule has 0 aliphatic carbocycles. The first kappa shape index (κ1) is 15.3. The van der Waals surface area contributed by atoms with Gasteiger partial charge in [0.25, 0.3) is 5.91 Å². The number of amides is 1. The van der Waals surface area contributed by atoms with Crippen LogP contribution in [-0.4, -0.2) is 28.8 Å². The smallest absolute Gasteiger partial charge is 0.305 e. The highest BCUT2D eigenvalue weighted by Gasteiger charge is 2.32. The lowest BCUT2D eigenvalue weighted by molar-refractivity contribution is -0.387. The van der Waals surface area contributed by atoms with Crippen LogP contribution in [0, 0.1) is 27.7 Å². The average Bonchev–Trinajstić information content (AvgIpc) is 2.87. The number of nitrogens with zero attached hydrogens (tertiary/aromatic N) is 2. The first-order chi connectivity index (χ1) is 9.95. The van der Waals surface area contributed by atoms with Crippen molar-refractivity contribution in [3.63, 3.8) is 0 Å². The van der Waals surface area contributed by atoms with Gasteiger partial charge in [-0.2, -0.15) is 4.39 Å². The Balaban J connectivity index is 2.28. The molecule has 0 saturated carbocycles. The van der Waals surface area contributed by atoms with E-state index >= 15 is 0 Å². The monoisotopic (exact) mass is 298 g/mol. The highest BCUT2D eigenvalue weighted by molar-refractivity contribution is 5.95. The van der Waals surface area contributed by atoms with Gasteiger partial charge < -0.3 is 4.90 Å². The molecule has 7 heteroatoms. The van der Waals surface area contributed by atoms with Gasteiger partial charge in [0.15, 0.2) is 0 Å². The topological polar surface area (TPSA) is 63.5 Å². The molecule has 0 N–H and O–H groups in total. The van der Waals surface area contributed by atoms with Crippen molar-refractivity contribution in [3.05, 3.63) is 39.4 Å². The van der Waals surface area contributed by atoms with E-state index in [1.54, 1.807) is 0 Å². The second kappa shape index (κ2) is 6.15. The third kappa shape index (κ3) is 3.01. The fraction of sp³-hybridized carbons (Fsp3) is 0.500. The van der Waals surface area contributed by atoms with Crippen molar-refractivity contribution >= 4 is 11.6 Å². The van der Waals surface area contributed by atoms with E-state index in [2.05, 4.69) is 0 Å². The Morgan fingerprint density at radius 3 is 2.81 bits per heavy atom. The number of likely N-dealkylation sites (tertiary alicyclic amines) is 1. The van der Waals surface area contributed by atoms with Gasteiger partial charge in [0.05, 0.1) is 4.92 Å². The van der Waals surface area contributed by atoms with Gasteiger partial charge in [-0.25, -0.2) is 4.39 Å². The minimum Gasteiger partial charge on any atom is -0.338 e. The summed E-state index contributed by atoms with van der Waals surface area (Å²) in [6.45, 7) is 2.89. The molecular weight excluding hydrogens is 282 g/mol. The van der Waals surface area contributed by atoms with Crippen LogP contribution in [0.2, 0.25) is 0 Å². The molecule has 0 bridgehead atoms. The Morgan fingerprint density at radius 1 is 1.48 bits per heavy atom. The van der Waals surface area contributed by atoms with Gasteiger partial charge in [0, 0.05) is 19.2 Å². The molecule has 0 aromatic heterocycles. The van der Waals surface area contributed by atoms with Crippen LogP contribution in [0.25, 0.3) is 0 Å². The minimum absolute atomic E-state index is 0.323. The van der Waals surface area contributed by atoms with Gasteiger partial charge in [-0.3, -0.25) is 14.9 Å². The van der Waals surface area contributed by atoms with Gasteiger partial charge in [0.2, 0.25) is 5.82 Å². The maximum absolute atomic E-state index is 14.0. The number of carbonyl (C=O) groups is 1. The Bertz CT molecular complexity index is 578. The zero-order chi connectivity index (χ0) is 15.6. The molecule has 2 rings (SSSR count). The summed E-state index contributed by atoms with van der Waals surface area (Å²) in [5, 5.41) is 10.7. The van der Waals surface area contributed by atoms with Gasteiger partial charge in [-0.05, 0) is 24.8 Å². The second-order valence-corrected chi connectivity index (χ2v) is 5.21. The standard InChI is InChI=1S/C14H16F2N2O3/c1-2-3-9-6-7-17(8-9)14(19)12-10(15)4-5-11(13(12)16)18(20)21/h4-5,9H,2-3,6-8H2,1H3. The molecule has 1 aliphatic rings. The van der Waals surface area contributed by atoms with E-state index in [9.17, 15) is 23.7 Å². The molecule has 0 spiro atoms. The van der Waals surface area contributed by atoms with Crippen molar-refractivity contribution in [1.82, 2.24) is 4.90 Å². The van der Waals surface area contributed by atoms with Crippen LogP contribution in [0.15, 0.2) is 12.1 Å². The minimum atomic E-state index is -1.40. The van der Waals surface area contributed by atoms with E-state index in [0.29, 0.717) is 19.0 Å². The third-order valence-corrected chi connectivity index (χ3v) is 3.75. The molecule has 1 heterocycles. The lowest BCUT2D eigenvalue weighted by atomic mass is 10.0. The van der Waals surface area contributed by atoms with Crippen molar-refractivity contribution in [2.45, 2.75) is 26.2 Å². The van der Waals surface area contributed by atoms with Crippen molar-refractivity contribution in [1.29, 1.82) is 0 Å². The second-order valence-electron chi connectivity index (χ2n) is 5.21. The Kier molecular flexibility index (Phi) is 4.50. The van der Waals surface area contributed by atoms with Crippen LogP contribution in [0.5, 0.6) is 0 Å². The summed E-state index contributed by atoms with van der Waals surface area (Å²) in [6.07, 6.45) is 2.72. The number of carbonyl (C=O) groups excluding carboxylic acids is 1. The van der Waals surface area contributed by atoms with Crippen molar-refractivity contribution in [3.8, 4) is 0 Å². The molecular formula is C14H16F2N2O3. The van der Waals surface area contributed by atoms with Gasteiger partial charge in [0.1, 0.15) is 11.4 Å². The number of benzene rings is 1. The van der Waals surface area contributed by atoms with Crippen LogP contribution < -0.4 is 0 Å². The van der Waals surface area contributed by atoms with Crippen LogP contribution in [0.1, 0.15) is 36.5 Å². The highest BCUT2D eigenvalue weighted by Crippen LogP contribution is 2.27. The van der Waals surface area contributed by atoms with E-state index in [1.165, 1.54) is 4.90 Å². The summed E-state index contributed by atoms with van der Waals surface area (Å²) in [6, 6.07) is 1.49. The zero-order valence-corrected chi connectivity index (χ0v) is 11.6. The molecule has 1 amide bonds. The number of rotatable bonds is 4. The number of nitro groups is 1. The molecule has 1 aromatic rings. The summed E-state index contributed by atoms with van der Waals surface area (Å²) >= 11 is 0. The number of hydrogen-bond donors (Lipinski definition) is 0. The maximum atomic E-state index is 14.0. The van der Waals surface area contributed by atoms with Crippen LogP contribution in [-0.2, 0) is 0 Å². The summed E-state index contributed by atoms with van der Waals surface area (Å²) in [7, 11) is 0. The number of halogens is 2. The zero-order valence-electron chi connectivity index (χ0n) is 11.6. The van der Waals surface area contributed by atoms with E-state index in [4.69, 9.17) is 0 Å². The summed E-state index contributed by atoms with van der Waals surface area (Å²) in [5.41, 5.74) is -1.72. The maximum Gasteiger partial charge on any atom is 0.305 e. The Labute approximate surface area is 120 Å². The molecule has 1 unspecified atom stereocenters. The number of nitro benzene ring substituents is 1. The molecule has 1 aromatic carbocycles. The van der Waals surface area contributed by atoms with E-state index in [1.807, 2.05) is 6.92 Å². The van der Waals surface area contributed by atoms with E-state index < -0.39 is 33.7 Å². The summed E-state index contributed by atoms with van der Waals surface area (Å²) < 4.78 is 27.7. The molecule has 1 aliphatic heterocycles. The van der Waals surface area contributed by atoms with Gasteiger partial charge >= 0.3 is 5.69 Å². The molecule has 1 atom stereocenters. The van der Waals surface area contributed by atoms with E-state index in [-0.39, 0.29) is 0 Å². The largest absolute Gasteiger partial charge is 0.338 e. The number of hydrogen-bond acceptors (Lipinski definition) is 3. The molecule has 1 saturated heterocycles. The fourth-order valence-corrected chi connectivity index (χ4v) is 2.70. The normalized spacial score (nSPS) is 18.0. The predicted molar refractivity (Wildman–Crippen MR) is 71.9 cm³/mol. The van der Waals surface area contributed by atoms with Crippen molar-refractivity contribution in [2.75, 3.05) is 13.1 Å². The first-order valence-corrected chi connectivity index (χ1v) is 6.87. The molecule has 5 nitrogen and oxygen atoms in total. The highest BCUT2D eigenvalue weighted by atomic mass is 19.1. The summed E-state index contributed by atoms with van der Waals surface area (Å²) in [5.74, 6) is -2.96. The van der Waals surface area contributed by atoms with Gasteiger partial charge in [-0.15, -0.1) is 0 Å². The van der Waals surface area contributed by atoms with Crippen molar-refractivity contribution < 1.29 is 18.5 Å². The predicted octanol–water partition coefficient (Wildman–Crippen LogP) is 3.14. The fourth-order valence-electron chi connectivity index (χ4n) is 2.70. The lowest BCUT2D eigenvalue weighted by Gasteiger charge is -2.17. The third-order valence-electron chi connectivity index (χ3n) is 3.75. The van der Waals surface area contributed by atoms with Crippen molar-refractivity contribution in [2.24, 2.45) is 5.92 Å². The average molecular weight is 298 g/mol. The van der Waals surface area contributed by atoms with Crippen LogP contribution >= 0.6 is 0 Å². The molecule has 21 heavy (non-hydrogen) atoms. The SMILES string of the molecule is CCCC1CCN(C(=O)c2c(F)ccc([N+](=O)[O-])c2F)C1. The lowest BCUT2D eigenvalue weighted by Crippen LogP contribution is -2.30. The first-order valence-electron chi connectivity index (χ1n) is 6.87. The Hall–Kier alpha value is -2.05. The molecule has 0 radical (unpaired) electrons. The van der Waals surface area contributed by atoms with Crippen LogP contribution in [0.3, 0.4) is 0 Å². The molecule has 1 fully saturated rings. The van der Waals surface area contributed by atoms with Gasteiger partial charge in [-0.1, -0.05) is 13.3 Å². The van der Waals surface area contributed by atoms with E-state index in [0.717, 1.165) is 31.4 Å².